The summed E-state index contributed by atoms with van der Waals surface area (Å²) < 4.78 is 12.2. The van der Waals surface area contributed by atoms with Gasteiger partial charge < -0.3 is 14.0 Å². The largest absolute Gasteiger partial charge is 0.483 e. The number of ether oxygens (including phenoxy) is 2. The molecule has 0 aliphatic carbocycles. The molecule has 6 nitrogen and oxygen atoms in total. The molecule has 2 aromatic rings. The highest BCUT2D eigenvalue weighted by Gasteiger charge is 2.17. The van der Waals surface area contributed by atoms with Crippen LogP contribution in [-0.2, 0) is 16.6 Å². The molecule has 0 bridgehead atoms. The molecular formula is C14H17N3O3S. The molecule has 0 radical (unpaired) electrons. The molecule has 1 atom stereocenters. The second-order valence-corrected chi connectivity index (χ2v) is 5.28. The molecule has 0 aliphatic heterocycles. The van der Waals surface area contributed by atoms with Crippen LogP contribution < -0.4 is 4.74 Å². The van der Waals surface area contributed by atoms with Gasteiger partial charge in [-0.2, -0.15) is 0 Å². The molecule has 112 valence electrons. The highest BCUT2D eigenvalue weighted by atomic mass is 32.2. The van der Waals surface area contributed by atoms with Gasteiger partial charge in [-0.05, 0) is 19.1 Å². The van der Waals surface area contributed by atoms with Crippen molar-refractivity contribution < 1.29 is 14.3 Å². The van der Waals surface area contributed by atoms with Crippen molar-refractivity contribution >= 4 is 17.7 Å². The molecule has 0 N–H and O–H groups in total. The van der Waals surface area contributed by atoms with Crippen molar-refractivity contribution in [1.29, 1.82) is 0 Å². The number of aromatic nitrogens is 3. The van der Waals surface area contributed by atoms with Gasteiger partial charge in [0.05, 0.1) is 12.9 Å². The molecule has 0 unspecified atom stereocenters. The molecule has 1 heterocycles. The molecule has 0 aliphatic rings. The maximum absolute atomic E-state index is 11.2. The second-order valence-electron chi connectivity index (χ2n) is 4.34. The molecule has 0 amide bonds. The molecule has 1 aromatic heterocycles. The molecule has 0 fully saturated rings. The van der Waals surface area contributed by atoms with Crippen molar-refractivity contribution in [2.75, 3.05) is 12.9 Å². The Balaban J connectivity index is 2.03. The van der Waals surface area contributed by atoms with Crippen LogP contribution in [0.4, 0.5) is 0 Å². The summed E-state index contributed by atoms with van der Waals surface area (Å²) in [4.78, 5) is 11.2. The van der Waals surface area contributed by atoms with Gasteiger partial charge >= 0.3 is 5.97 Å². The standard InChI is InChI=1S/C14H17N3O3S/c1-10(20-11-7-5-4-6-8-11)13-15-16-14(17(13)2)21-9-12(18)19-3/h4-8,10H,9H2,1-3H3/t10-/m0/s1. The first-order chi connectivity index (χ1) is 10.1. The molecule has 7 heteroatoms. The normalized spacial score (nSPS) is 12.0. The van der Waals surface area contributed by atoms with E-state index in [0.717, 1.165) is 5.75 Å². The number of methoxy groups -OCH3 is 1. The Kier molecular flexibility index (Phi) is 5.21. The van der Waals surface area contributed by atoms with Crippen LogP contribution in [0.15, 0.2) is 35.5 Å². The van der Waals surface area contributed by atoms with Crippen LogP contribution in [-0.4, -0.2) is 33.6 Å². The predicted octanol–water partition coefficient (Wildman–Crippen LogP) is 2.22. The zero-order valence-corrected chi connectivity index (χ0v) is 13.0. The van der Waals surface area contributed by atoms with Gasteiger partial charge in [-0.3, -0.25) is 4.79 Å². The number of thioether (sulfide) groups is 1. The van der Waals surface area contributed by atoms with Gasteiger partial charge in [0.25, 0.3) is 0 Å². The predicted molar refractivity (Wildman–Crippen MR) is 79.2 cm³/mol. The number of hydrogen-bond donors (Lipinski definition) is 0. The first kappa shape index (κ1) is 15.4. The number of rotatable bonds is 6. The lowest BCUT2D eigenvalue weighted by Gasteiger charge is -2.14. The molecule has 0 saturated heterocycles. The molecule has 0 saturated carbocycles. The van der Waals surface area contributed by atoms with Gasteiger partial charge in [-0.25, -0.2) is 0 Å². The van der Waals surface area contributed by atoms with Crippen LogP contribution in [0, 0.1) is 0 Å². The van der Waals surface area contributed by atoms with Gasteiger partial charge in [-0.15, -0.1) is 10.2 Å². The van der Waals surface area contributed by atoms with Crippen molar-refractivity contribution in [2.24, 2.45) is 7.05 Å². The highest BCUT2D eigenvalue weighted by Crippen LogP contribution is 2.23. The van der Waals surface area contributed by atoms with E-state index in [0.29, 0.717) is 11.0 Å². The summed E-state index contributed by atoms with van der Waals surface area (Å²) in [7, 11) is 3.21. The Morgan fingerprint density at radius 3 is 2.71 bits per heavy atom. The number of carbonyl (C=O) groups excluding carboxylic acids is 1. The van der Waals surface area contributed by atoms with Crippen molar-refractivity contribution in [3.05, 3.63) is 36.2 Å². The fraction of sp³-hybridized carbons (Fsp3) is 0.357. The fourth-order valence-corrected chi connectivity index (χ4v) is 2.49. The third-order valence-corrected chi connectivity index (χ3v) is 3.83. The molecule has 0 spiro atoms. The number of carbonyl (C=O) groups is 1. The molecule has 1 aromatic carbocycles. The lowest BCUT2D eigenvalue weighted by Crippen LogP contribution is -2.10. The van der Waals surface area contributed by atoms with Gasteiger partial charge in [-0.1, -0.05) is 30.0 Å². The van der Waals surface area contributed by atoms with Crippen LogP contribution >= 0.6 is 11.8 Å². The van der Waals surface area contributed by atoms with E-state index in [4.69, 9.17) is 4.74 Å². The Bertz CT molecular complexity index is 601. The van der Waals surface area contributed by atoms with E-state index >= 15 is 0 Å². The van der Waals surface area contributed by atoms with Crippen LogP contribution in [0.1, 0.15) is 18.9 Å². The third kappa shape index (κ3) is 3.98. The SMILES string of the molecule is COC(=O)CSc1nnc([C@H](C)Oc2ccccc2)n1C. The maximum Gasteiger partial charge on any atom is 0.316 e. The zero-order chi connectivity index (χ0) is 15.2. The summed E-state index contributed by atoms with van der Waals surface area (Å²) in [6.45, 7) is 1.91. The summed E-state index contributed by atoms with van der Waals surface area (Å²) >= 11 is 1.28. The minimum absolute atomic E-state index is 0.205. The van der Waals surface area contributed by atoms with E-state index in [9.17, 15) is 4.79 Å². The Hall–Kier alpha value is -2.02. The first-order valence-corrected chi connectivity index (χ1v) is 7.41. The monoisotopic (exact) mass is 307 g/mol. The van der Waals surface area contributed by atoms with Crippen LogP contribution in [0.25, 0.3) is 0 Å². The minimum atomic E-state index is -0.293. The van der Waals surface area contributed by atoms with Gasteiger partial charge in [0.1, 0.15) is 5.75 Å². The minimum Gasteiger partial charge on any atom is -0.483 e. The second kappa shape index (κ2) is 7.12. The number of benzene rings is 1. The van der Waals surface area contributed by atoms with E-state index < -0.39 is 0 Å². The zero-order valence-electron chi connectivity index (χ0n) is 12.1. The summed E-state index contributed by atoms with van der Waals surface area (Å²) in [5.41, 5.74) is 0. The van der Waals surface area contributed by atoms with E-state index in [1.807, 2.05) is 48.9 Å². The van der Waals surface area contributed by atoms with Crippen molar-refractivity contribution in [3.8, 4) is 5.75 Å². The van der Waals surface area contributed by atoms with Crippen molar-refractivity contribution in [2.45, 2.75) is 18.2 Å². The number of nitrogens with zero attached hydrogens (tertiary/aromatic N) is 3. The Morgan fingerprint density at radius 1 is 1.33 bits per heavy atom. The third-order valence-electron chi connectivity index (χ3n) is 2.84. The smallest absolute Gasteiger partial charge is 0.316 e. The van der Waals surface area contributed by atoms with Crippen LogP contribution in [0.5, 0.6) is 5.75 Å². The highest BCUT2D eigenvalue weighted by molar-refractivity contribution is 7.99. The summed E-state index contributed by atoms with van der Waals surface area (Å²) in [5.74, 6) is 1.39. The quantitative estimate of drug-likeness (QED) is 0.602. The molecule has 21 heavy (non-hydrogen) atoms. The van der Waals surface area contributed by atoms with E-state index in [1.54, 1.807) is 0 Å². The van der Waals surface area contributed by atoms with E-state index in [2.05, 4.69) is 14.9 Å². The average Bonchev–Trinajstić information content (AvgIpc) is 2.87. The topological polar surface area (TPSA) is 66.2 Å². The average molecular weight is 307 g/mol. The molecule has 2 rings (SSSR count). The maximum atomic E-state index is 11.2. The van der Waals surface area contributed by atoms with E-state index in [-0.39, 0.29) is 17.8 Å². The van der Waals surface area contributed by atoms with Gasteiger partial charge in [0, 0.05) is 7.05 Å². The fourth-order valence-electron chi connectivity index (χ4n) is 1.74. The summed E-state index contributed by atoms with van der Waals surface area (Å²) in [5, 5.41) is 8.86. The summed E-state index contributed by atoms with van der Waals surface area (Å²) in [6, 6.07) is 9.54. The van der Waals surface area contributed by atoms with Crippen molar-refractivity contribution in [3.63, 3.8) is 0 Å². The Morgan fingerprint density at radius 2 is 2.05 bits per heavy atom. The molecular weight excluding hydrogens is 290 g/mol. The summed E-state index contributed by atoms with van der Waals surface area (Å²) in [6.07, 6.45) is -0.239. The van der Waals surface area contributed by atoms with Crippen LogP contribution in [0.3, 0.4) is 0 Å². The first-order valence-electron chi connectivity index (χ1n) is 6.42. The lowest BCUT2D eigenvalue weighted by atomic mass is 10.3. The number of hydrogen-bond acceptors (Lipinski definition) is 6. The van der Waals surface area contributed by atoms with Crippen LogP contribution in [0.2, 0.25) is 0 Å². The van der Waals surface area contributed by atoms with Gasteiger partial charge in [0.15, 0.2) is 17.1 Å². The Labute approximate surface area is 127 Å². The number of esters is 1. The van der Waals surface area contributed by atoms with E-state index in [1.165, 1.54) is 18.9 Å². The lowest BCUT2D eigenvalue weighted by molar-refractivity contribution is -0.137. The van der Waals surface area contributed by atoms with Gasteiger partial charge in [0.2, 0.25) is 0 Å². The van der Waals surface area contributed by atoms with Crippen molar-refractivity contribution in [1.82, 2.24) is 14.8 Å². The number of para-hydroxylation sites is 1.